The van der Waals surface area contributed by atoms with Gasteiger partial charge in [0, 0.05) is 6.42 Å². The Morgan fingerprint density at radius 2 is 1.55 bits per heavy atom. The van der Waals surface area contributed by atoms with Crippen LogP contribution in [0.25, 0.3) is 0 Å². The molecule has 0 unspecified atom stereocenters. The van der Waals surface area contributed by atoms with Crippen LogP contribution in [-0.2, 0) is 4.08 Å². The molecule has 0 N–H and O–H groups in total. The van der Waals surface area contributed by atoms with E-state index in [2.05, 4.69) is 59.9 Å². The van der Waals surface area contributed by atoms with Crippen LogP contribution in [0, 0.1) is 11.3 Å². The van der Waals surface area contributed by atoms with Gasteiger partial charge < -0.3 is 0 Å². The molecule has 0 aliphatic carbocycles. The summed E-state index contributed by atoms with van der Waals surface area (Å²) in [6, 6.07) is 13.3. The molecule has 1 aliphatic heterocycles. The molecule has 1 aliphatic rings. The summed E-state index contributed by atoms with van der Waals surface area (Å²) in [6.07, 6.45) is 11.0. The van der Waals surface area contributed by atoms with Crippen LogP contribution in [0.4, 0.5) is 0 Å². The summed E-state index contributed by atoms with van der Waals surface area (Å²) in [4.78, 5) is 0. The van der Waals surface area contributed by atoms with Gasteiger partial charge in [-0.05, 0) is 36.3 Å². The summed E-state index contributed by atoms with van der Waals surface area (Å²) < 4.78 is 0.306. The van der Waals surface area contributed by atoms with Crippen molar-refractivity contribution in [1.82, 2.24) is 0 Å². The van der Waals surface area contributed by atoms with Crippen LogP contribution in [0.15, 0.2) is 30.3 Å². The van der Waals surface area contributed by atoms with Gasteiger partial charge in [-0.3, -0.25) is 0 Å². The van der Waals surface area contributed by atoms with Gasteiger partial charge in [0.25, 0.3) is 0 Å². The smallest absolute Gasteiger partial charge is 0.0860 e. The first kappa shape index (κ1) is 17.8. The Morgan fingerprint density at radius 1 is 0.909 bits per heavy atom. The predicted octanol–water partition coefficient (Wildman–Crippen LogP) is 6.35. The molecule has 1 aromatic carbocycles. The highest BCUT2D eigenvalue weighted by Gasteiger charge is 2.34. The van der Waals surface area contributed by atoms with Crippen LogP contribution in [0.3, 0.4) is 0 Å². The van der Waals surface area contributed by atoms with Gasteiger partial charge >= 0.3 is 0 Å². The van der Waals surface area contributed by atoms with E-state index in [1.54, 1.807) is 0 Å². The van der Waals surface area contributed by atoms with Crippen LogP contribution in [0.5, 0.6) is 0 Å². The Bertz CT molecular complexity index is 446. The highest BCUT2D eigenvalue weighted by Crippen LogP contribution is 2.53. The summed E-state index contributed by atoms with van der Waals surface area (Å²) >= 11 is 4.33. The normalized spacial score (nSPS) is 17.0. The van der Waals surface area contributed by atoms with Gasteiger partial charge in [0.1, 0.15) is 0 Å². The molecule has 1 fully saturated rings. The lowest BCUT2D eigenvalue weighted by molar-refractivity contribution is 0.570. The molecule has 1 heterocycles. The van der Waals surface area contributed by atoms with Crippen LogP contribution in [-0.4, -0.2) is 11.5 Å². The van der Waals surface area contributed by atoms with E-state index >= 15 is 0 Å². The molecule has 0 saturated carbocycles. The monoisotopic (exact) mass is 333 g/mol. The van der Waals surface area contributed by atoms with Gasteiger partial charge in [0.2, 0.25) is 0 Å². The fraction of sp³-hybridized carbons (Fsp3) is 0.632. The molecule has 0 spiro atoms. The second-order valence-electron chi connectivity index (χ2n) is 5.95. The van der Waals surface area contributed by atoms with E-state index in [1.165, 1.54) is 62.0 Å². The second kappa shape index (κ2) is 10.2. The SMILES string of the molecule is N#CCCCCCCCCC1(c2ccccc2)SCCCS1. The summed E-state index contributed by atoms with van der Waals surface area (Å²) in [5, 5.41) is 8.53. The van der Waals surface area contributed by atoms with Crippen molar-refractivity contribution >= 4 is 23.5 Å². The highest BCUT2D eigenvalue weighted by molar-refractivity contribution is 8.18. The zero-order valence-corrected chi connectivity index (χ0v) is 15.1. The Labute approximate surface area is 144 Å². The molecule has 1 saturated heterocycles. The van der Waals surface area contributed by atoms with E-state index in [4.69, 9.17) is 5.26 Å². The average molecular weight is 334 g/mol. The molecular weight excluding hydrogens is 306 g/mol. The molecule has 2 rings (SSSR count). The third-order valence-electron chi connectivity index (χ3n) is 4.22. The number of hydrogen-bond acceptors (Lipinski definition) is 3. The van der Waals surface area contributed by atoms with Crippen molar-refractivity contribution in [2.24, 2.45) is 0 Å². The van der Waals surface area contributed by atoms with Crippen molar-refractivity contribution in [3.05, 3.63) is 35.9 Å². The second-order valence-corrected chi connectivity index (χ2v) is 8.99. The van der Waals surface area contributed by atoms with Gasteiger partial charge in [-0.25, -0.2) is 0 Å². The van der Waals surface area contributed by atoms with E-state index in [1.807, 2.05) is 0 Å². The number of benzene rings is 1. The molecular formula is C19H27NS2. The first-order chi connectivity index (χ1) is 10.9. The Hall–Kier alpha value is -0.590. The third kappa shape index (κ3) is 5.56. The average Bonchev–Trinajstić information content (AvgIpc) is 2.59. The minimum atomic E-state index is 0.306. The largest absolute Gasteiger partial charge is 0.198 e. The van der Waals surface area contributed by atoms with Crippen molar-refractivity contribution < 1.29 is 0 Å². The first-order valence-corrected chi connectivity index (χ1v) is 10.5. The molecule has 120 valence electrons. The lowest BCUT2D eigenvalue weighted by Gasteiger charge is -2.36. The zero-order chi connectivity index (χ0) is 15.5. The van der Waals surface area contributed by atoms with Crippen molar-refractivity contribution in [2.45, 2.75) is 61.9 Å². The minimum Gasteiger partial charge on any atom is -0.198 e. The summed E-state index contributed by atoms with van der Waals surface area (Å²) in [7, 11) is 0. The molecule has 0 amide bonds. The molecule has 0 atom stereocenters. The zero-order valence-electron chi connectivity index (χ0n) is 13.4. The van der Waals surface area contributed by atoms with Gasteiger partial charge in [0.05, 0.1) is 10.1 Å². The van der Waals surface area contributed by atoms with E-state index in [0.717, 1.165) is 12.8 Å². The van der Waals surface area contributed by atoms with E-state index < -0.39 is 0 Å². The standard InChI is InChI=1S/C19H27NS2/c20-15-10-5-3-1-2-4-9-14-19(21-16-11-17-22-19)18-12-7-6-8-13-18/h6-8,12-13H,1-5,9-11,14,16-17H2. The fourth-order valence-corrected chi connectivity index (χ4v) is 6.43. The van der Waals surface area contributed by atoms with Gasteiger partial charge in [-0.2, -0.15) is 5.26 Å². The third-order valence-corrected chi connectivity index (χ3v) is 7.72. The van der Waals surface area contributed by atoms with E-state index in [0.29, 0.717) is 4.08 Å². The molecule has 0 radical (unpaired) electrons. The topological polar surface area (TPSA) is 23.8 Å². The lowest BCUT2D eigenvalue weighted by atomic mass is 10.0. The summed E-state index contributed by atoms with van der Waals surface area (Å²) in [6.45, 7) is 0. The van der Waals surface area contributed by atoms with Gasteiger partial charge in [-0.15, -0.1) is 23.5 Å². The Kier molecular flexibility index (Phi) is 8.26. The maximum absolute atomic E-state index is 8.53. The molecule has 1 aromatic rings. The van der Waals surface area contributed by atoms with Crippen LogP contribution in [0.2, 0.25) is 0 Å². The Balaban J connectivity index is 1.76. The quantitative estimate of drug-likeness (QED) is 0.492. The summed E-state index contributed by atoms with van der Waals surface area (Å²) in [5.41, 5.74) is 1.51. The van der Waals surface area contributed by atoms with Gasteiger partial charge in [0.15, 0.2) is 0 Å². The number of thioether (sulfide) groups is 2. The minimum absolute atomic E-state index is 0.306. The number of nitrogens with zero attached hydrogens (tertiary/aromatic N) is 1. The summed E-state index contributed by atoms with van der Waals surface area (Å²) in [5.74, 6) is 2.60. The molecule has 0 aromatic heterocycles. The van der Waals surface area contributed by atoms with Crippen molar-refractivity contribution in [3.8, 4) is 6.07 Å². The highest BCUT2D eigenvalue weighted by atomic mass is 32.2. The van der Waals surface area contributed by atoms with E-state index in [9.17, 15) is 0 Å². The Morgan fingerprint density at radius 3 is 2.23 bits per heavy atom. The van der Waals surface area contributed by atoms with Crippen molar-refractivity contribution in [1.29, 1.82) is 5.26 Å². The number of rotatable bonds is 9. The molecule has 0 bridgehead atoms. The first-order valence-electron chi connectivity index (χ1n) is 8.58. The predicted molar refractivity (Wildman–Crippen MR) is 100 cm³/mol. The molecule has 3 heteroatoms. The number of hydrogen-bond donors (Lipinski definition) is 0. The molecule has 22 heavy (non-hydrogen) atoms. The van der Waals surface area contributed by atoms with Crippen LogP contribution < -0.4 is 0 Å². The fourth-order valence-electron chi connectivity index (χ4n) is 2.99. The van der Waals surface area contributed by atoms with E-state index in [-0.39, 0.29) is 0 Å². The number of nitriles is 1. The maximum Gasteiger partial charge on any atom is 0.0860 e. The number of unbranched alkanes of at least 4 members (excludes halogenated alkanes) is 6. The molecule has 1 nitrogen and oxygen atoms in total. The van der Waals surface area contributed by atoms with Gasteiger partial charge in [-0.1, -0.05) is 62.4 Å². The van der Waals surface area contributed by atoms with Crippen LogP contribution >= 0.6 is 23.5 Å². The maximum atomic E-state index is 8.53. The van der Waals surface area contributed by atoms with Crippen LogP contribution in [0.1, 0.15) is 63.4 Å². The van der Waals surface area contributed by atoms with Crippen molar-refractivity contribution in [3.63, 3.8) is 0 Å². The van der Waals surface area contributed by atoms with Crippen molar-refractivity contribution in [2.75, 3.05) is 11.5 Å². The lowest BCUT2D eigenvalue weighted by Crippen LogP contribution is -2.22.